The summed E-state index contributed by atoms with van der Waals surface area (Å²) in [4.78, 5) is 13.8. The van der Waals surface area contributed by atoms with E-state index in [2.05, 4.69) is 0 Å². The number of carbonyl (C=O) groups is 1. The molecule has 0 N–H and O–H groups in total. The van der Waals surface area contributed by atoms with Crippen molar-refractivity contribution in [2.24, 2.45) is 0 Å². The third-order valence-electron chi connectivity index (χ3n) is 3.35. The first-order valence-corrected chi connectivity index (χ1v) is 9.03. The van der Waals surface area contributed by atoms with Crippen molar-refractivity contribution in [3.05, 3.63) is 27.7 Å². The lowest BCUT2D eigenvalue weighted by Gasteiger charge is -2.22. The first-order chi connectivity index (χ1) is 9.23. The molecule has 110 valence electrons. The van der Waals surface area contributed by atoms with Gasteiger partial charge in [0.15, 0.2) is 0 Å². The van der Waals surface area contributed by atoms with E-state index in [1.165, 1.54) is 12.1 Å². The predicted octanol–water partition coefficient (Wildman–Crippen LogP) is 3.55. The highest BCUT2D eigenvalue weighted by Crippen LogP contribution is 2.34. The highest BCUT2D eigenvalue weighted by atomic mass is 35.7. The summed E-state index contributed by atoms with van der Waals surface area (Å²) in [6, 6.07) is 2.58. The number of hydrogen-bond acceptors (Lipinski definition) is 3. The normalized spacial score (nSPS) is 19.4. The quantitative estimate of drug-likeness (QED) is 0.762. The van der Waals surface area contributed by atoms with Crippen molar-refractivity contribution in [1.82, 2.24) is 4.90 Å². The molecule has 0 bridgehead atoms. The summed E-state index contributed by atoms with van der Waals surface area (Å²) < 4.78 is 22.9. The van der Waals surface area contributed by atoms with Gasteiger partial charge < -0.3 is 4.90 Å². The SMILES string of the molecule is CC1CCCN1C(=O)c1c(Cl)ccc(S(=O)(=O)Cl)c1Cl. The topological polar surface area (TPSA) is 54.5 Å². The Morgan fingerprint density at radius 3 is 2.50 bits per heavy atom. The summed E-state index contributed by atoms with van der Waals surface area (Å²) in [6.07, 6.45) is 1.80. The molecule has 1 aliphatic rings. The average Bonchev–Trinajstić information content (AvgIpc) is 2.73. The van der Waals surface area contributed by atoms with Crippen molar-refractivity contribution in [3.63, 3.8) is 0 Å². The maximum atomic E-state index is 12.5. The van der Waals surface area contributed by atoms with Gasteiger partial charge in [-0.3, -0.25) is 4.79 Å². The van der Waals surface area contributed by atoms with Crippen molar-refractivity contribution < 1.29 is 13.2 Å². The number of rotatable bonds is 2. The zero-order chi connectivity index (χ0) is 15.1. The van der Waals surface area contributed by atoms with E-state index in [-0.39, 0.29) is 32.5 Å². The number of nitrogens with zero attached hydrogens (tertiary/aromatic N) is 1. The fraction of sp³-hybridized carbons (Fsp3) is 0.417. The van der Waals surface area contributed by atoms with E-state index >= 15 is 0 Å². The van der Waals surface area contributed by atoms with E-state index in [4.69, 9.17) is 33.9 Å². The molecule has 2 rings (SSSR count). The molecule has 1 heterocycles. The highest BCUT2D eigenvalue weighted by Gasteiger charge is 2.31. The highest BCUT2D eigenvalue weighted by molar-refractivity contribution is 8.13. The lowest BCUT2D eigenvalue weighted by molar-refractivity contribution is 0.0747. The van der Waals surface area contributed by atoms with E-state index in [1.807, 2.05) is 6.92 Å². The van der Waals surface area contributed by atoms with Crippen LogP contribution in [0.5, 0.6) is 0 Å². The molecule has 1 fully saturated rings. The van der Waals surface area contributed by atoms with Crippen molar-refractivity contribution >= 4 is 48.8 Å². The van der Waals surface area contributed by atoms with Crippen LogP contribution < -0.4 is 0 Å². The van der Waals surface area contributed by atoms with Gasteiger partial charge in [0.2, 0.25) is 0 Å². The summed E-state index contributed by atoms with van der Waals surface area (Å²) in [5.41, 5.74) is -0.0104. The summed E-state index contributed by atoms with van der Waals surface area (Å²) >= 11 is 12.0. The number of carbonyl (C=O) groups excluding carboxylic acids is 1. The number of halogens is 3. The van der Waals surface area contributed by atoms with Crippen LogP contribution in [0.2, 0.25) is 10.0 Å². The third-order valence-corrected chi connectivity index (χ3v) is 5.53. The summed E-state index contributed by atoms with van der Waals surface area (Å²) in [5.74, 6) is -0.368. The summed E-state index contributed by atoms with van der Waals surface area (Å²) in [6.45, 7) is 2.53. The molecular weight excluding hydrogens is 345 g/mol. The van der Waals surface area contributed by atoms with Crippen molar-refractivity contribution in [1.29, 1.82) is 0 Å². The van der Waals surface area contributed by atoms with Gasteiger partial charge in [-0.25, -0.2) is 8.42 Å². The van der Waals surface area contributed by atoms with Crippen molar-refractivity contribution in [2.75, 3.05) is 6.54 Å². The number of amides is 1. The number of likely N-dealkylation sites (tertiary alicyclic amines) is 1. The number of hydrogen-bond donors (Lipinski definition) is 0. The Labute approximate surface area is 132 Å². The van der Waals surface area contributed by atoms with Gasteiger partial charge in [0, 0.05) is 23.3 Å². The molecule has 0 aliphatic carbocycles. The van der Waals surface area contributed by atoms with Gasteiger partial charge in [-0.05, 0) is 31.9 Å². The first kappa shape index (κ1) is 15.9. The van der Waals surface area contributed by atoms with Crippen LogP contribution in [-0.4, -0.2) is 31.8 Å². The minimum Gasteiger partial charge on any atom is -0.336 e. The van der Waals surface area contributed by atoms with Gasteiger partial charge in [-0.15, -0.1) is 0 Å². The molecule has 4 nitrogen and oxygen atoms in total. The van der Waals surface area contributed by atoms with Crippen LogP contribution in [-0.2, 0) is 9.05 Å². The molecule has 1 unspecified atom stereocenters. The molecule has 0 saturated carbocycles. The van der Waals surface area contributed by atoms with Crippen LogP contribution in [0.3, 0.4) is 0 Å². The van der Waals surface area contributed by atoms with E-state index in [9.17, 15) is 13.2 Å². The van der Waals surface area contributed by atoms with Gasteiger partial charge >= 0.3 is 0 Å². The Balaban J connectivity index is 2.54. The molecule has 0 aromatic heterocycles. The molecule has 1 atom stereocenters. The van der Waals surface area contributed by atoms with E-state index in [1.54, 1.807) is 4.90 Å². The van der Waals surface area contributed by atoms with Crippen LogP contribution in [0.25, 0.3) is 0 Å². The fourth-order valence-electron chi connectivity index (χ4n) is 2.30. The van der Waals surface area contributed by atoms with Crippen LogP contribution in [0.4, 0.5) is 0 Å². The van der Waals surface area contributed by atoms with Gasteiger partial charge in [-0.1, -0.05) is 23.2 Å². The number of benzene rings is 1. The Hall–Kier alpha value is -0.490. The van der Waals surface area contributed by atoms with Crippen LogP contribution in [0.1, 0.15) is 30.1 Å². The summed E-state index contributed by atoms with van der Waals surface area (Å²) in [5, 5.41) is -0.111. The Morgan fingerprint density at radius 2 is 2.00 bits per heavy atom. The zero-order valence-corrected chi connectivity index (χ0v) is 13.7. The Morgan fingerprint density at radius 1 is 1.35 bits per heavy atom. The largest absolute Gasteiger partial charge is 0.336 e. The average molecular weight is 357 g/mol. The lowest BCUT2D eigenvalue weighted by Crippen LogP contribution is -2.34. The fourth-order valence-corrected chi connectivity index (χ4v) is 4.18. The van der Waals surface area contributed by atoms with E-state index in [0.29, 0.717) is 6.54 Å². The second kappa shape index (κ2) is 5.72. The van der Waals surface area contributed by atoms with Crippen LogP contribution >= 0.6 is 33.9 Å². The first-order valence-electron chi connectivity index (χ1n) is 5.97. The van der Waals surface area contributed by atoms with Gasteiger partial charge in [0.05, 0.1) is 15.6 Å². The molecule has 8 heteroatoms. The van der Waals surface area contributed by atoms with Gasteiger partial charge in [0.1, 0.15) is 4.90 Å². The van der Waals surface area contributed by atoms with Crippen LogP contribution in [0.15, 0.2) is 17.0 Å². The third kappa shape index (κ3) is 2.91. The second-order valence-corrected chi connectivity index (χ2v) is 7.98. The van der Waals surface area contributed by atoms with Crippen LogP contribution in [0, 0.1) is 0 Å². The standard InChI is InChI=1S/C12H12Cl3NO3S/c1-7-3-2-6-16(7)12(17)10-8(13)4-5-9(11(10)14)20(15,18)19/h4-5,7H,2-3,6H2,1H3. The van der Waals surface area contributed by atoms with Crippen molar-refractivity contribution in [3.8, 4) is 0 Å². The predicted molar refractivity (Wildman–Crippen MR) is 79.2 cm³/mol. The molecule has 1 aromatic rings. The molecule has 0 radical (unpaired) electrons. The Bertz CT molecular complexity index is 660. The Kier molecular flexibility index (Phi) is 4.54. The molecule has 0 spiro atoms. The molecule has 1 aliphatic heterocycles. The molecule has 1 amide bonds. The smallest absolute Gasteiger partial charge is 0.262 e. The second-order valence-electron chi connectivity index (χ2n) is 4.66. The van der Waals surface area contributed by atoms with Gasteiger partial charge in [-0.2, -0.15) is 0 Å². The monoisotopic (exact) mass is 355 g/mol. The minimum atomic E-state index is -4.03. The molecule has 1 saturated heterocycles. The zero-order valence-electron chi connectivity index (χ0n) is 10.6. The van der Waals surface area contributed by atoms with Gasteiger partial charge in [0.25, 0.3) is 15.0 Å². The van der Waals surface area contributed by atoms with Crippen molar-refractivity contribution in [2.45, 2.75) is 30.7 Å². The van der Waals surface area contributed by atoms with E-state index in [0.717, 1.165) is 12.8 Å². The molecule has 1 aromatic carbocycles. The molecular formula is C12H12Cl3NO3S. The minimum absolute atomic E-state index is 0.0104. The van der Waals surface area contributed by atoms with E-state index < -0.39 is 9.05 Å². The summed E-state index contributed by atoms with van der Waals surface area (Å²) in [7, 11) is 1.27. The maximum Gasteiger partial charge on any atom is 0.262 e. The lowest BCUT2D eigenvalue weighted by atomic mass is 10.1. The molecule has 20 heavy (non-hydrogen) atoms. The maximum absolute atomic E-state index is 12.5.